The fraction of sp³-hybridized carbons (Fsp3) is 0.474. The van der Waals surface area contributed by atoms with E-state index in [1.165, 1.54) is 0 Å². The summed E-state index contributed by atoms with van der Waals surface area (Å²) in [5, 5.41) is 5.63. The molecule has 0 amide bonds. The van der Waals surface area contributed by atoms with Crippen molar-refractivity contribution in [2.75, 3.05) is 18.0 Å². The smallest absolute Gasteiger partial charge is 0.158 e. The lowest BCUT2D eigenvalue weighted by Gasteiger charge is -2.40. The number of hydrogen-bond acceptors (Lipinski definition) is 5. The summed E-state index contributed by atoms with van der Waals surface area (Å²) in [5.41, 5.74) is 3.14. The third kappa shape index (κ3) is 2.75. The lowest BCUT2D eigenvalue weighted by atomic mass is 9.78. The molecule has 6 heteroatoms. The Bertz CT molecular complexity index is 931. The number of pyridine rings is 1. The van der Waals surface area contributed by atoms with Crippen molar-refractivity contribution in [1.82, 2.24) is 24.7 Å². The fourth-order valence-electron chi connectivity index (χ4n) is 3.90. The van der Waals surface area contributed by atoms with Gasteiger partial charge in [0.05, 0.1) is 11.4 Å². The quantitative estimate of drug-likeness (QED) is 0.720. The molecule has 0 radical (unpaired) electrons. The predicted molar refractivity (Wildman–Crippen MR) is 98.8 cm³/mol. The fourth-order valence-corrected chi connectivity index (χ4v) is 3.90. The second-order valence-electron chi connectivity index (χ2n) is 7.32. The largest absolute Gasteiger partial charge is 0.356 e. The van der Waals surface area contributed by atoms with Gasteiger partial charge in [-0.2, -0.15) is 5.10 Å². The lowest BCUT2D eigenvalue weighted by molar-refractivity contribution is 0.363. The van der Waals surface area contributed by atoms with E-state index in [9.17, 15) is 0 Å². The summed E-state index contributed by atoms with van der Waals surface area (Å²) in [4.78, 5) is 16.2. The van der Waals surface area contributed by atoms with Crippen molar-refractivity contribution in [3.05, 3.63) is 41.6 Å². The van der Waals surface area contributed by atoms with Crippen LogP contribution in [0.25, 0.3) is 11.0 Å². The molecule has 3 aromatic rings. The highest BCUT2D eigenvalue weighted by atomic mass is 15.3. The first kappa shape index (κ1) is 16.0. The number of hydrogen-bond donors (Lipinski definition) is 0. The molecule has 130 valence electrons. The molecule has 0 bridgehead atoms. The van der Waals surface area contributed by atoms with Crippen molar-refractivity contribution in [3.8, 4) is 0 Å². The molecule has 6 nitrogen and oxygen atoms in total. The number of rotatable bonds is 2. The standard InChI is InChI=1S/C19H24N6/c1-13-15-6-7-16(22-18(15)24(4)23-13)19(3)9-5-11-25(12-19)17-8-10-20-14(2)21-17/h6-8,10H,5,9,11-12H2,1-4H3/t19-/m0/s1. The van der Waals surface area contributed by atoms with E-state index in [-0.39, 0.29) is 5.41 Å². The summed E-state index contributed by atoms with van der Waals surface area (Å²) < 4.78 is 1.88. The molecule has 4 rings (SSSR count). The Labute approximate surface area is 147 Å². The first-order valence-corrected chi connectivity index (χ1v) is 8.82. The monoisotopic (exact) mass is 336 g/mol. The number of piperidine rings is 1. The maximum Gasteiger partial charge on any atom is 0.158 e. The van der Waals surface area contributed by atoms with Crippen LogP contribution >= 0.6 is 0 Å². The lowest BCUT2D eigenvalue weighted by Crippen LogP contribution is -2.45. The van der Waals surface area contributed by atoms with Crippen molar-refractivity contribution in [3.63, 3.8) is 0 Å². The minimum absolute atomic E-state index is 0.00344. The highest BCUT2D eigenvalue weighted by Gasteiger charge is 2.35. The average Bonchev–Trinajstić information content (AvgIpc) is 2.89. The summed E-state index contributed by atoms with van der Waals surface area (Å²) in [7, 11) is 1.96. The van der Waals surface area contributed by atoms with Crippen LogP contribution in [0.4, 0.5) is 5.82 Å². The minimum atomic E-state index is 0.00344. The van der Waals surface area contributed by atoms with Gasteiger partial charge in [0.1, 0.15) is 11.6 Å². The molecule has 3 aromatic heterocycles. The van der Waals surface area contributed by atoms with Crippen LogP contribution in [0.5, 0.6) is 0 Å². The minimum Gasteiger partial charge on any atom is -0.356 e. The second-order valence-corrected chi connectivity index (χ2v) is 7.32. The van der Waals surface area contributed by atoms with Gasteiger partial charge in [-0.1, -0.05) is 6.92 Å². The third-order valence-electron chi connectivity index (χ3n) is 5.27. The summed E-state index contributed by atoms with van der Waals surface area (Å²) in [6.45, 7) is 8.22. The van der Waals surface area contributed by atoms with E-state index >= 15 is 0 Å². The van der Waals surface area contributed by atoms with Gasteiger partial charge in [0.15, 0.2) is 5.65 Å². The van der Waals surface area contributed by atoms with Gasteiger partial charge >= 0.3 is 0 Å². The van der Waals surface area contributed by atoms with Gasteiger partial charge in [0, 0.05) is 37.1 Å². The van der Waals surface area contributed by atoms with E-state index in [4.69, 9.17) is 4.98 Å². The molecule has 0 saturated carbocycles. The van der Waals surface area contributed by atoms with Crippen LogP contribution < -0.4 is 4.90 Å². The van der Waals surface area contributed by atoms with Crippen molar-refractivity contribution in [1.29, 1.82) is 0 Å². The van der Waals surface area contributed by atoms with Gasteiger partial charge in [-0.3, -0.25) is 4.68 Å². The summed E-state index contributed by atoms with van der Waals surface area (Å²) >= 11 is 0. The molecule has 0 N–H and O–H groups in total. The molecule has 4 heterocycles. The van der Waals surface area contributed by atoms with Gasteiger partial charge < -0.3 is 4.90 Å². The van der Waals surface area contributed by atoms with E-state index in [0.717, 1.165) is 60.0 Å². The molecule has 0 aromatic carbocycles. The highest BCUT2D eigenvalue weighted by Crippen LogP contribution is 2.35. The SMILES string of the molecule is Cc1nccc(N2CCC[C@](C)(c3ccc4c(C)nn(C)c4n3)C2)n1. The van der Waals surface area contributed by atoms with Crippen LogP contribution in [-0.4, -0.2) is 37.8 Å². The van der Waals surface area contributed by atoms with Crippen LogP contribution in [0.1, 0.15) is 37.0 Å². The number of nitrogens with zero attached hydrogens (tertiary/aromatic N) is 6. The molecule has 1 aliphatic rings. The molecule has 0 spiro atoms. The summed E-state index contributed by atoms with van der Waals surface area (Å²) in [6, 6.07) is 6.34. The topological polar surface area (TPSA) is 59.7 Å². The number of aryl methyl sites for hydroxylation is 3. The van der Waals surface area contributed by atoms with Gasteiger partial charge in [-0.15, -0.1) is 0 Å². The van der Waals surface area contributed by atoms with Gasteiger partial charge in [-0.05, 0) is 44.9 Å². The maximum absolute atomic E-state index is 4.98. The Morgan fingerprint density at radius 2 is 1.96 bits per heavy atom. The first-order chi connectivity index (χ1) is 12.0. The number of aromatic nitrogens is 5. The van der Waals surface area contributed by atoms with Crippen molar-refractivity contribution >= 4 is 16.9 Å². The van der Waals surface area contributed by atoms with Crippen LogP contribution in [0.2, 0.25) is 0 Å². The molecule has 1 saturated heterocycles. The van der Waals surface area contributed by atoms with E-state index in [2.05, 4.69) is 39.0 Å². The Hall–Kier alpha value is -2.50. The Balaban J connectivity index is 1.70. The molecular weight excluding hydrogens is 312 g/mol. The van der Waals surface area contributed by atoms with E-state index in [1.54, 1.807) is 0 Å². The maximum atomic E-state index is 4.98. The molecular formula is C19H24N6. The van der Waals surface area contributed by atoms with E-state index < -0.39 is 0 Å². The van der Waals surface area contributed by atoms with Crippen LogP contribution in [0, 0.1) is 13.8 Å². The molecule has 1 aliphatic heterocycles. The molecule has 0 unspecified atom stereocenters. The Morgan fingerprint density at radius 3 is 2.76 bits per heavy atom. The molecule has 25 heavy (non-hydrogen) atoms. The first-order valence-electron chi connectivity index (χ1n) is 8.82. The van der Waals surface area contributed by atoms with Crippen LogP contribution in [0.3, 0.4) is 0 Å². The van der Waals surface area contributed by atoms with Gasteiger partial charge in [0.2, 0.25) is 0 Å². The van der Waals surface area contributed by atoms with Gasteiger partial charge in [0.25, 0.3) is 0 Å². The Kier molecular flexibility index (Phi) is 3.71. The molecule has 1 fully saturated rings. The van der Waals surface area contributed by atoms with Crippen LogP contribution in [0.15, 0.2) is 24.4 Å². The zero-order chi connectivity index (χ0) is 17.6. The Morgan fingerprint density at radius 1 is 1.12 bits per heavy atom. The van der Waals surface area contributed by atoms with Crippen molar-refractivity contribution < 1.29 is 0 Å². The number of anilines is 1. The zero-order valence-electron chi connectivity index (χ0n) is 15.3. The van der Waals surface area contributed by atoms with E-state index in [0.29, 0.717) is 0 Å². The molecule has 1 atom stereocenters. The highest BCUT2D eigenvalue weighted by molar-refractivity contribution is 5.78. The van der Waals surface area contributed by atoms with Crippen molar-refractivity contribution in [2.45, 2.75) is 39.0 Å². The van der Waals surface area contributed by atoms with Crippen LogP contribution in [-0.2, 0) is 12.5 Å². The summed E-state index contributed by atoms with van der Waals surface area (Å²) in [5.74, 6) is 1.82. The van der Waals surface area contributed by atoms with Crippen molar-refractivity contribution in [2.24, 2.45) is 7.05 Å². The predicted octanol–water partition coefficient (Wildman–Crippen LogP) is 2.93. The molecule has 0 aliphatic carbocycles. The normalized spacial score (nSPS) is 21.0. The van der Waals surface area contributed by atoms with E-state index in [1.807, 2.05) is 37.8 Å². The second kappa shape index (κ2) is 5.79. The van der Waals surface area contributed by atoms with Gasteiger partial charge in [-0.25, -0.2) is 15.0 Å². The average molecular weight is 336 g/mol. The summed E-state index contributed by atoms with van der Waals surface area (Å²) in [6.07, 6.45) is 4.10. The number of fused-ring (bicyclic) bond motifs is 1. The zero-order valence-corrected chi connectivity index (χ0v) is 15.3. The third-order valence-corrected chi connectivity index (χ3v) is 5.27.